The molecule has 0 spiro atoms. The number of carbonyl (C=O) groups excluding carboxylic acids is 1. The molecule has 22 heavy (non-hydrogen) atoms. The van der Waals surface area contributed by atoms with Gasteiger partial charge in [0.05, 0.1) is 31.9 Å². The summed E-state index contributed by atoms with van der Waals surface area (Å²) >= 11 is 2.00. The third kappa shape index (κ3) is 3.09. The topological polar surface area (TPSA) is 24.8 Å². The highest BCUT2D eigenvalue weighted by atomic mass is 32.1. The van der Waals surface area contributed by atoms with E-state index < -0.39 is 0 Å². The van der Waals surface area contributed by atoms with Crippen LogP contribution in [-0.2, 0) is 24.1 Å². The lowest BCUT2D eigenvalue weighted by Gasteiger charge is -2.26. The average Bonchev–Trinajstić information content (AvgIpc) is 2.82. The van der Waals surface area contributed by atoms with Crippen molar-refractivity contribution in [2.75, 3.05) is 31.1 Å². The van der Waals surface area contributed by atoms with Crippen molar-refractivity contribution < 1.29 is 9.69 Å². The van der Waals surface area contributed by atoms with Crippen molar-refractivity contribution in [1.29, 1.82) is 0 Å². The fraction of sp³-hybridized carbons (Fsp3) is 0.722. The van der Waals surface area contributed by atoms with Crippen molar-refractivity contribution in [2.45, 2.75) is 58.8 Å². The maximum atomic E-state index is 12.7. The molecule has 1 aliphatic heterocycles. The number of rotatable bonds is 5. The molecule has 2 aliphatic rings. The molecule has 122 valence electrons. The first kappa shape index (κ1) is 16.0. The maximum Gasteiger partial charge on any atom is 0.227 e. The van der Waals surface area contributed by atoms with Gasteiger partial charge in [0.15, 0.2) is 0 Å². The van der Waals surface area contributed by atoms with E-state index in [1.807, 2.05) is 11.3 Å². The summed E-state index contributed by atoms with van der Waals surface area (Å²) in [4.78, 5) is 19.5. The number of hydrogen-bond donors (Lipinski definition) is 1. The number of thiophene rings is 1. The summed E-state index contributed by atoms with van der Waals surface area (Å²) in [6.07, 6.45) is 7.89. The summed E-state index contributed by atoms with van der Waals surface area (Å²) < 4.78 is 0. The minimum absolute atomic E-state index is 0.358. The predicted octanol–water partition coefficient (Wildman–Crippen LogP) is 2.22. The fourth-order valence-electron chi connectivity index (χ4n) is 3.86. The zero-order chi connectivity index (χ0) is 15.5. The molecule has 1 N–H and O–H groups in total. The van der Waals surface area contributed by atoms with Crippen molar-refractivity contribution >= 4 is 22.9 Å². The van der Waals surface area contributed by atoms with Crippen molar-refractivity contribution in [3.05, 3.63) is 15.3 Å². The van der Waals surface area contributed by atoms with Gasteiger partial charge in [0.25, 0.3) is 0 Å². The Balaban J connectivity index is 1.88. The maximum absolute atomic E-state index is 12.7. The Morgan fingerprint density at radius 2 is 1.73 bits per heavy atom. The van der Waals surface area contributed by atoms with Crippen molar-refractivity contribution in [1.82, 2.24) is 0 Å². The molecule has 3 nitrogen and oxygen atoms in total. The van der Waals surface area contributed by atoms with Gasteiger partial charge < -0.3 is 9.80 Å². The van der Waals surface area contributed by atoms with E-state index in [-0.39, 0.29) is 0 Å². The molecule has 0 aromatic carbocycles. The molecule has 0 unspecified atom stereocenters. The van der Waals surface area contributed by atoms with E-state index in [9.17, 15) is 4.79 Å². The van der Waals surface area contributed by atoms with Crippen LogP contribution >= 0.6 is 11.3 Å². The highest BCUT2D eigenvalue weighted by molar-refractivity contribution is 7.12. The largest absolute Gasteiger partial charge is 0.334 e. The monoisotopic (exact) mass is 321 g/mol. The Morgan fingerprint density at radius 3 is 2.50 bits per heavy atom. The first-order valence-electron chi connectivity index (χ1n) is 9.01. The fourth-order valence-corrected chi connectivity index (χ4v) is 5.30. The van der Waals surface area contributed by atoms with Crippen LogP contribution in [0.2, 0.25) is 0 Å². The number of likely N-dealkylation sites (N-methyl/N-ethyl adjacent to an activating group) is 1. The number of quaternary nitrogens is 1. The van der Waals surface area contributed by atoms with E-state index >= 15 is 0 Å². The number of nitrogens with one attached hydrogen (secondary N) is 1. The predicted molar refractivity (Wildman–Crippen MR) is 93.2 cm³/mol. The second kappa shape index (κ2) is 7.14. The number of amides is 1. The number of nitrogens with zero attached hydrogens (tertiary/aromatic N) is 1. The number of anilines is 1. The first-order valence-corrected chi connectivity index (χ1v) is 9.83. The van der Waals surface area contributed by atoms with E-state index in [0.29, 0.717) is 5.91 Å². The second-order valence-electron chi connectivity index (χ2n) is 6.59. The standard InChI is InChI=1S/C18H28N2OS/c1-3-19(4-2)12-13-20-17(21)11-7-10-16-18(20)14-8-5-6-9-15(14)22-16/h3-13H2,1-2H3/p+1. The zero-order valence-electron chi connectivity index (χ0n) is 14.0. The van der Waals surface area contributed by atoms with Crippen LogP contribution in [0.1, 0.15) is 54.8 Å². The summed E-state index contributed by atoms with van der Waals surface area (Å²) in [6.45, 7) is 8.73. The molecule has 0 saturated carbocycles. The zero-order valence-corrected chi connectivity index (χ0v) is 14.9. The summed E-state index contributed by atoms with van der Waals surface area (Å²) in [5.74, 6) is 0.358. The Labute approximate surface area is 138 Å². The Kier molecular flexibility index (Phi) is 5.19. The van der Waals surface area contributed by atoms with Gasteiger partial charge in [0.1, 0.15) is 0 Å². The molecule has 0 radical (unpaired) electrons. The van der Waals surface area contributed by atoms with Crippen LogP contribution in [-0.4, -0.2) is 32.1 Å². The van der Waals surface area contributed by atoms with Crippen LogP contribution in [0.15, 0.2) is 0 Å². The van der Waals surface area contributed by atoms with Gasteiger partial charge >= 0.3 is 0 Å². The Hall–Kier alpha value is -0.870. The van der Waals surface area contributed by atoms with E-state index in [1.165, 1.54) is 41.8 Å². The molecule has 2 heterocycles. The minimum atomic E-state index is 0.358. The van der Waals surface area contributed by atoms with E-state index in [4.69, 9.17) is 0 Å². The molecular formula is C18H29N2OS+. The normalized spacial score (nSPS) is 18.3. The van der Waals surface area contributed by atoms with Crippen LogP contribution in [0.3, 0.4) is 0 Å². The SMILES string of the molecule is CC[NH+](CC)CCN1C(=O)CCCc2sc3c(c21)CCCC3. The second-order valence-corrected chi connectivity index (χ2v) is 7.78. The van der Waals surface area contributed by atoms with Crippen LogP contribution in [0.4, 0.5) is 5.69 Å². The number of carbonyl (C=O) groups is 1. The van der Waals surface area contributed by atoms with Gasteiger partial charge in [-0.3, -0.25) is 4.79 Å². The summed E-state index contributed by atoms with van der Waals surface area (Å²) in [5.41, 5.74) is 2.87. The molecule has 0 atom stereocenters. The van der Waals surface area contributed by atoms with Crippen molar-refractivity contribution in [3.63, 3.8) is 0 Å². The Morgan fingerprint density at radius 1 is 1.00 bits per heavy atom. The average molecular weight is 322 g/mol. The van der Waals surface area contributed by atoms with Crippen LogP contribution in [0.5, 0.6) is 0 Å². The number of aryl methyl sites for hydroxylation is 2. The lowest BCUT2D eigenvalue weighted by molar-refractivity contribution is -0.894. The van der Waals surface area contributed by atoms with Gasteiger partial charge in [0, 0.05) is 16.2 Å². The summed E-state index contributed by atoms with van der Waals surface area (Å²) in [7, 11) is 0. The third-order valence-electron chi connectivity index (χ3n) is 5.27. The lowest BCUT2D eigenvalue weighted by Crippen LogP contribution is -3.12. The highest BCUT2D eigenvalue weighted by Crippen LogP contribution is 2.42. The molecule has 0 fully saturated rings. The smallest absolute Gasteiger partial charge is 0.227 e. The van der Waals surface area contributed by atoms with E-state index in [2.05, 4.69) is 18.7 Å². The Bertz CT molecular complexity index is 533. The van der Waals surface area contributed by atoms with Gasteiger partial charge in [-0.2, -0.15) is 0 Å². The number of hydrogen-bond acceptors (Lipinski definition) is 2. The highest BCUT2D eigenvalue weighted by Gasteiger charge is 2.30. The van der Waals surface area contributed by atoms with Crippen LogP contribution in [0.25, 0.3) is 0 Å². The third-order valence-corrected chi connectivity index (χ3v) is 6.61. The summed E-state index contributed by atoms with van der Waals surface area (Å²) in [6, 6.07) is 0. The molecule has 0 saturated heterocycles. The van der Waals surface area contributed by atoms with Crippen LogP contribution < -0.4 is 9.80 Å². The van der Waals surface area contributed by atoms with Gasteiger partial charge in [-0.1, -0.05) is 0 Å². The first-order chi connectivity index (χ1) is 10.7. The molecule has 0 bridgehead atoms. The van der Waals surface area contributed by atoms with Gasteiger partial charge in [-0.15, -0.1) is 11.3 Å². The molecule has 1 amide bonds. The molecule has 1 aromatic heterocycles. The molecular weight excluding hydrogens is 292 g/mol. The quantitative estimate of drug-likeness (QED) is 0.884. The lowest BCUT2D eigenvalue weighted by atomic mass is 9.97. The van der Waals surface area contributed by atoms with Gasteiger partial charge in [-0.05, 0) is 57.9 Å². The molecule has 3 rings (SSSR count). The minimum Gasteiger partial charge on any atom is -0.334 e. The van der Waals surface area contributed by atoms with Crippen LogP contribution in [0, 0.1) is 0 Å². The van der Waals surface area contributed by atoms with E-state index in [0.717, 1.165) is 45.4 Å². The van der Waals surface area contributed by atoms with E-state index in [1.54, 1.807) is 9.78 Å². The van der Waals surface area contributed by atoms with Gasteiger partial charge in [-0.25, -0.2) is 0 Å². The number of fused-ring (bicyclic) bond motifs is 3. The van der Waals surface area contributed by atoms with Crippen molar-refractivity contribution in [2.24, 2.45) is 0 Å². The van der Waals surface area contributed by atoms with Crippen molar-refractivity contribution in [3.8, 4) is 0 Å². The molecule has 4 heteroatoms. The summed E-state index contributed by atoms with van der Waals surface area (Å²) in [5, 5.41) is 0. The molecule has 1 aromatic rings. The molecule has 1 aliphatic carbocycles. The van der Waals surface area contributed by atoms with Gasteiger partial charge in [0.2, 0.25) is 5.91 Å².